The largest absolute Gasteiger partial charge is 0.424 e. The van der Waals surface area contributed by atoms with E-state index in [1.54, 1.807) is 19.2 Å². The highest BCUT2D eigenvalue weighted by Crippen LogP contribution is 2.24. The average molecular weight is 450 g/mol. The predicted octanol–water partition coefficient (Wildman–Crippen LogP) is 4.80. The van der Waals surface area contributed by atoms with Gasteiger partial charge >= 0.3 is 6.01 Å². The first-order chi connectivity index (χ1) is 15.4. The molecule has 0 unspecified atom stereocenters. The second kappa shape index (κ2) is 9.48. The Morgan fingerprint density at radius 2 is 1.91 bits per heavy atom. The molecule has 0 spiro atoms. The van der Waals surface area contributed by atoms with Gasteiger partial charge in [0.05, 0.1) is 6.42 Å². The Balaban J connectivity index is 1.40. The first-order valence-corrected chi connectivity index (χ1v) is 10.5. The summed E-state index contributed by atoms with van der Waals surface area (Å²) >= 11 is 1.29. The number of ether oxygens (including phenoxy) is 1. The van der Waals surface area contributed by atoms with Gasteiger partial charge in [-0.15, -0.1) is 11.3 Å². The molecule has 0 atom stereocenters. The fourth-order valence-electron chi connectivity index (χ4n) is 2.74. The third-order valence-electron chi connectivity index (χ3n) is 4.17. The van der Waals surface area contributed by atoms with Crippen molar-refractivity contribution in [3.8, 4) is 11.8 Å². The van der Waals surface area contributed by atoms with Crippen molar-refractivity contribution in [2.24, 2.45) is 0 Å². The Hall–Kier alpha value is -3.92. The molecule has 32 heavy (non-hydrogen) atoms. The highest BCUT2D eigenvalue weighted by Gasteiger charge is 2.11. The molecule has 4 aromatic rings. The summed E-state index contributed by atoms with van der Waals surface area (Å²) in [5, 5.41) is 6.20. The summed E-state index contributed by atoms with van der Waals surface area (Å²) in [4.78, 5) is 29.9. The molecule has 2 heterocycles. The molecule has 0 saturated carbocycles. The molecule has 2 aromatic carbocycles. The SMILES string of the molecule is Cc1ccc(Oc2nc(C)nc(Nc3ncc(CC(=O)Nc4cccc(F)c4)s3)n2)cc1. The minimum Gasteiger partial charge on any atom is -0.424 e. The number of carbonyl (C=O) groups is 1. The maximum absolute atomic E-state index is 13.3. The Bertz CT molecular complexity index is 1250. The molecule has 162 valence electrons. The molecule has 0 aliphatic rings. The number of aromatic nitrogens is 4. The summed E-state index contributed by atoms with van der Waals surface area (Å²) in [5.74, 6) is 0.703. The van der Waals surface area contributed by atoms with Crippen LogP contribution in [0.15, 0.2) is 54.7 Å². The van der Waals surface area contributed by atoms with Gasteiger partial charge in [0.2, 0.25) is 11.9 Å². The van der Waals surface area contributed by atoms with Crippen LogP contribution in [0.1, 0.15) is 16.3 Å². The molecule has 2 aromatic heterocycles. The van der Waals surface area contributed by atoms with E-state index in [1.807, 2.05) is 31.2 Å². The van der Waals surface area contributed by atoms with Crippen molar-refractivity contribution in [1.82, 2.24) is 19.9 Å². The fourth-order valence-corrected chi connectivity index (χ4v) is 3.55. The smallest absolute Gasteiger partial charge is 0.327 e. The summed E-state index contributed by atoms with van der Waals surface area (Å²) in [6.07, 6.45) is 1.70. The van der Waals surface area contributed by atoms with Gasteiger partial charge in [0, 0.05) is 16.8 Å². The first kappa shape index (κ1) is 21.3. The van der Waals surface area contributed by atoms with E-state index in [-0.39, 0.29) is 24.3 Å². The molecule has 8 nitrogen and oxygen atoms in total. The van der Waals surface area contributed by atoms with Gasteiger partial charge in [0.1, 0.15) is 17.4 Å². The highest BCUT2D eigenvalue weighted by atomic mass is 32.1. The Morgan fingerprint density at radius 3 is 2.69 bits per heavy atom. The van der Waals surface area contributed by atoms with E-state index in [4.69, 9.17) is 4.74 Å². The second-order valence-electron chi connectivity index (χ2n) is 6.90. The number of nitrogens with one attached hydrogen (secondary N) is 2. The van der Waals surface area contributed by atoms with Crippen LogP contribution in [0.4, 0.5) is 21.2 Å². The summed E-state index contributed by atoms with van der Waals surface area (Å²) in [6.45, 7) is 3.73. The topological polar surface area (TPSA) is 102 Å². The van der Waals surface area contributed by atoms with Crippen LogP contribution in [0.25, 0.3) is 0 Å². The van der Waals surface area contributed by atoms with Gasteiger partial charge in [0.25, 0.3) is 0 Å². The molecule has 0 aliphatic carbocycles. The maximum atomic E-state index is 13.3. The van der Waals surface area contributed by atoms with Gasteiger partial charge in [-0.25, -0.2) is 9.37 Å². The second-order valence-corrected chi connectivity index (χ2v) is 8.01. The molecule has 1 amide bonds. The molecule has 0 saturated heterocycles. The van der Waals surface area contributed by atoms with Crippen LogP contribution < -0.4 is 15.4 Å². The predicted molar refractivity (Wildman–Crippen MR) is 120 cm³/mol. The van der Waals surface area contributed by atoms with E-state index in [9.17, 15) is 9.18 Å². The van der Waals surface area contributed by atoms with Crippen molar-refractivity contribution in [3.63, 3.8) is 0 Å². The minimum atomic E-state index is -0.412. The van der Waals surface area contributed by atoms with Gasteiger partial charge in [-0.1, -0.05) is 23.8 Å². The van der Waals surface area contributed by atoms with Gasteiger partial charge in [0.15, 0.2) is 5.13 Å². The lowest BCUT2D eigenvalue weighted by atomic mass is 10.2. The fraction of sp³-hybridized carbons (Fsp3) is 0.136. The summed E-state index contributed by atoms with van der Waals surface area (Å²) < 4.78 is 19.0. The summed E-state index contributed by atoms with van der Waals surface area (Å²) in [5.41, 5.74) is 1.52. The zero-order valence-corrected chi connectivity index (χ0v) is 18.1. The van der Waals surface area contributed by atoms with Gasteiger partial charge < -0.3 is 10.1 Å². The number of benzene rings is 2. The van der Waals surface area contributed by atoms with Crippen LogP contribution in [0.5, 0.6) is 11.8 Å². The monoisotopic (exact) mass is 450 g/mol. The van der Waals surface area contributed by atoms with E-state index < -0.39 is 5.82 Å². The van der Waals surface area contributed by atoms with Crippen LogP contribution in [-0.2, 0) is 11.2 Å². The van der Waals surface area contributed by atoms with E-state index in [0.717, 1.165) is 10.4 Å². The quantitative estimate of drug-likeness (QED) is 0.417. The van der Waals surface area contributed by atoms with Gasteiger partial charge in [-0.2, -0.15) is 15.0 Å². The number of hydrogen-bond donors (Lipinski definition) is 2. The highest BCUT2D eigenvalue weighted by molar-refractivity contribution is 7.15. The number of hydrogen-bond acceptors (Lipinski definition) is 8. The van der Waals surface area contributed by atoms with Gasteiger partial charge in [-0.05, 0) is 44.2 Å². The van der Waals surface area contributed by atoms with Gasteiger partial charge in [-0.3, -0.25) is 10.1 Å². The number of nitrogens with zero attached hydrogens (tertiary/aromatic N) is 4. The molecule has 0 fully saturated rings. The number of halogens is 1. The van der Waals surface area contributed by atoms with E-state index in [1.165, 1.54) is 29.5 Å². The molecular formula is C22H19FN6O2S. The van der Waals surface area contributed by atoms with E-state index >= 15 is 0 Å². The van der Waals surface area contributed by atoms with Crippen molar-refractivity contribution >= 4 is 34.0 Å². The average Bonchev–Trinajstić information content (AvgIpc) is 3.15. The molecule has 0 aliphatic heterocycles. The number of anilines is 3. The molecule has 0 radical (unpaired) electrons. The molecule has 0 bridgehead atoms. The number of carbonyl (C=O) groups excluding carboxylic acids is 1. The standard InChI is InChI=1S/C22H19FN6O2S/c1-13-6-8-17(9-7-13)31-21-26-14(2)25-20(28-21)29-22-24-12-18(32-22)11-19(30)27-16-5-3-4-15(23)10-16/h3-10,12H,11H2,1-2H3,(H,27,30)(H,24,25,26,28,29). The molecule has 2 N–H and O–H groups in total. The Labute approximate surface area is 187 Å². The van der Waals surface area contributed by atoms with Crippen molar-refractivity contribution in [3.05, 3.63) is 76.8 Å². The zero-order chi connectivity index (χ0) is 22.5. The number of amides is 1. The third-order valence-corrected chi connectivity index (χ3v) is 5.09. The number of thiazole rings is 1. The molecule has 10 heteroatoms. The first-order valence-electron chi connectivity index (χ1n) is 9.67. The lowest BCUT2D eigenvalue weighted by molar-refractivity contribution is -0.115. The normalized spacial score (nSPS) is 10.6. The van der Waals surface area contributed by atoms with Crippen molar-refractivity contribution in [2.45, 2.75) is 20.3 Å². The zero-order valence-electron chi connectivity index (χ0n) is 17.3. The van der Waals surface area contributed by atoms with Crippen LogP contribution >= 0.6 is 11.3 Å². The number of rotatable bonds is 7. The molecule has 4 rings (SSSR count). The minimum absolute atomic E-state index is 0.105. The lowest BCUT2D eigenvalue weighted by Gasteiger charge is -2.07. The Kier molecular flexibility index (Phi) is 6.31. The summed E-state index contributed by atoms with van der Waals surface area (Å²) in [6, 6.07) is 13.4. The summed E-state index contributed by atoms with van der Waals surface area (Å²) in [7, 11) is 0. The molecular weight excluding hydrogens is 431 g/mol. The Morgan fingerprint density at radius 1 is 1.09 bits per heavy atom. The number of aryl methyl sites for hydroxylation is 2. The van der Waals surface area contributed by atoms with Crippen LogP contribution in [-0.4, -0.2) is 25.8 Å². The van der Waals surface area contributed by atoms with E-state index in [2.05, 4.69) is 30.6 Å². The van der Waals surface area contributed by atoms with Crippen molar-refractivity contribution < 1.29 is 13.9 Å². The van der Waals surface area contributed by atoms with Crippen molar-refractivity contribution in [2.75, 3.05) is 10.6 Å². The van der Waals surface area contributed by atoms with Crippen LogP contribution in [0.2, 0.25) is 0 Å². The van der Waals surface area contributed by atoms with Crippen LogP contribution in [0.3, 0.4) is 0 Å². The lowest BCUT2D eigenvalue weighted by Crippen LogP contribution is -2.13. The van der Waals surface area contributed by atoms with Crippen LogP contribution in [0, 0.1) is 19.7 Å². The maximum Gasteiger partial charge on any atom is 0.327 e. The van der Waals surface area contributed by atoms with E-state index in [0.29, 0.717) is 22.4 Å². The third kappa shape index (κ3) is 5.82. The van der Waals surface area contributed by atoms with Crippen molar-refractivity contribution in [1.29, 1.82) is 0 Å².